The van der Waals surface area contributed by atoms with E-state index >= 15 is 0 Å². The zero-order chi connectivity index (χ0) is 19.9. The van der Waals surface area contributed by atoms with E-state index in [4.69, 9.17) is 9.47 Å². The normalized spacial score (nSPS) is 34.2. The van der Waals surface area contributed by atoms with Crippen molar-refractivity contribution >= 4 is 0 Å². The Bertz CT molecular complexity index is 744. The van der Waals surface area contributed by atoms with E-state index in [1.807, 2.05) is 19.1 Å². The van der Waals surface area contributed by atoms with Gasteiger partial charge in [0.25, 0.3) is 0 Å². The lowest BCUT2D eigenvalue weighted by atomic mass is 9.53. The Labute approximate surface area is 169 Å². The van der Waals surface area contributed by atoms with Gasteiger partial charge in [0, 0.05) is 22.9 Å². The molecule has 2 bridgehead atoms. The predicted molar refractivity (Wildman–Crippen MR) is 112 cm³/mol. The Hall–Kier alpha value is -1.52. The first-order valence-electron chi connectivity index (χ1n) is 10.9. The summed E-state index contributed by atoms with van der Waals surface area (Å²) in [5.41, 5.74) is 2.62. The Morgan fingerprint density at radius 2 is 2.14 bits per heavy atom. The van der Waals surface area contributed by atoms with Gasteiger partial charge in [-0.1, -0.05) is 51.3 Å². The molecular weight excluding hydrogens is 350 g/mol. The van der Waals surface area contributed by atoms with Crippen molar-refractivity contribution in [3.63, 3.8) is 0 Å². The highest BCUT2D eigenvalue weighted by atomic mass is 16.5. The van der Waals surface area contributed by atoms with Gasteiger partial charge in [-0.2, -0.15) is 0 Å². The number of ether oxygens (including phenoxy) is 2. The molecule has 0 unspecified atom stereocenters. The number of unbranched alkanes of at least 4 members (excludes halogenated alkanes) is 2. The highest BCUT2D eigenvalue weighted by Gasteiger charge is 2.64. The molecule has 0 aromatic heterocycles. The van der Waals surface area contributed by atoms with Crippen LogP contribution in [0.25, 0.3) is 0 Å². The first-order chi connectivity index (χ1) is 13.6. The predicted octanol–water partition coefficient (Wildman–Crippen LogP) is 3.90. The first-order valence-corrected chi connectivity index (χ1v) is 10.9. The van der Waals surface area contributed by atoms with Gasteiger partial charge in [-0.15, -0.1) is 0 Å². The summed E-state index contributed by atoms with van der Waals surface area (Å²) in [6.45, 7) is 9.53. The van der Waals surface area contributed by atoms with Crippen LogP contribution < -0.4 is 9.47 Å². The van der Waals surface area contributed by atoms with Gasteiger partial charge in [0.2, 0.25) is 0 Å². The van der Waals surface area contributed by atoms with Crippen molar-refractivity contribution in [2.75, 3.05) is 20.2 Å². The number of likely N-dealkylation sites (tertiary alicyclic amines) is 1. The Morgan fingerprint density at radius 3 is 2.82 bits per heavy atom. The average molecular weight is 385 g/mol. The minimum absolute atomic E-state index is 0.0820. The number of piperidine rings is 1. The molecule has 1 saturated heterocycles. The van der Waals surface area contributed by atoms with Crippen molar-refractivity contribution in [3.8, 4) is 11.5 Å². The first kappa shape index (κ1) is 19.8. The van der Waals surface area contributed by atoms with E-state index in [-0.39, 0.29) is 11.5 Å². The van der Waals surface area contributed by atoms with Crippen LogP contribution in [0.4, 0.5) is 0 Å². The summed E-state index contributed by atoms with van der Waals surface area (Å²) in [5.74, 6) is 2.14. The van der Waals surface area contributed by atoms with E-state index in [2.05, 4.69) is 37.9 Å². The number of benzene rings is 1. The van der Waals surface area contributed by atoms with Crippen molar-refractivity contribution in [2.24, 2.45) is 5.92 Å². The zero-order valence-corrected chi connectivity index (χ0v) is 17.5. The standard InChI is InChI=1S/C19H23NO3.C5H11/c1-3-22-15-7-4-11-10-13-12-5-6-14(21)18-19(12,8-9-20(13)2)16(11)17(15)23-18;1-3-5-4-2/h4-7,12-14,18,21H,3,8-10H2,1-2H3;1,3-5H2,2H3/t12-,13+,14-,18-,19-;/m0./s1. The highest BCUT2D eigenvalue weighted by molar-refractivity contribution is 5.62. The maximum Gasteiger partial charge on any atom is 0.165 e. The monoisotopic (exact) mass is 384 g/mol. The van der Waals surface area contributed by atoms with E-state index in [1.165, 1.54) is 24.0 Å². The number of hydrogen-bond donors (Lipinski definition) is 1. The summed E-state index contributed by atoms with van der Waals surface area (Å²) < 4.78 is 12.2. The summed E-state index contributed by atoms with van der Waals surface area (Å²) in [5, 5.41) is 10.6. The van der Waals surface area contributed by atoms with E-state index in [0.717, 1.165) is 37.3 Å². The minimum Gasteiger partial charge on any atom is -0.490 e. The number of nitrogens with zero attached hydrogens (tertiary/aromatic N) is 1. The third-order valence-electron chi connectivity index (χ3n) is 7.04. The fourth-order valence-corrected chi connectivity index (χ4v) is 5.75. The van der Waals surface area contributed by atoms with Crippen LogP contribution in [-0.2, 0) is 11.8 Å². The maximum atomic E-state index is 10.6. The average Bonchev–Trinajstić information content (AvgIpc) is 3.04. The molecule has 1 aromatic rings. The van der Waals surface area contributed by atoms with Crippen LogP contribution in [0.2, 0.25) is 0 Å². The van der Waals surface area contributed by atoms with Crippen LogP contribution in [0, 0.1) is 12.8 Å². The fraction of sp³-hybridized carbons (Fsp3) is 0.625. The molecule has 4 nitrogen and oxygen atoms in total. The molecule has 2 aliphatic carbocycles. The van der Waals surface area contributed by atoms with Gasteiger partial charge in [0.05, 0.1) is 6.61 Å². The molecule has 28 heavy (non-hydrogen) atoms. The second kappa shape index (κ2) is 7.72. The van der Waals surface area contributed by atoms with Gasteiger partial charge >= 0.3 is 0 Å². The van der Waals surface area contributed by atoms with Crippen molar-refractivity contribution in [1.82, 2.24) is 4.90 Å². The summed E-state index contributed by atoms with van der Waals surface area (Å²) in [6, 6.07) is 4.75. The third kappa shape index (κ3) is 2.80. The van der Waals surface area contributed by atoms with E-state index in [9.17, 15) is 5.11 Å². The van der Waals surface area contributed by atoms with E-state index < -0.39 is 6.10 Å². The molecular formula is C24H34NO3. The second-order valence-electron chi connectivity index (χ2n) is 8.55. The molecule has 4 heteroatoms. The topological polar surface area (TPSA) is 41.9 Å². The molecule has 0 saturated carbocycles. The number of aliphatic hydroxyl groups excluding tert-OH is 1. The van der Waals surface area contributed by atoms with Crippen LogP contribution in [0.1, 0.15) is 50.7 Å². The molecule has 0 amide bonds. The minimum atomic E-state index is -0.539. The molecule has 1 aromatic carbocycles. The number of rotatable bonds is 4. The smallest absolute Gasteiger partial charge is 0.165 e. The maximum absolute atomic E-state index is 10.6. The van der Waals surface area contributed by atoms with Crippen molar-refractivity contribution < 1.29 is 14.6 Å². The van der Waals surface area contributed by atoms with Crippen molar-refractivity contribution in [2.45, 2.75) is 69.6 Å². The summed E-state index contributed by atoms with van der Waals surface area (Å²) in [6.07, 6.45) is 9.21. The molecule has 1 fully saturated rings. The molecule has 5 rings (SSSR count). The van der Waals surface area contributed by atoms with Gasteiger partial charge in [0.15, 0.2) is 11.5 Å². The lowest BCUT2D eigenvalue weighted by molar-refractivity contribution is -0.0453. The van der Waals surface area contributed by atoms with Crippen molar-refractivity contribution in [3.05, 3.63) is 42.3 Å². The quantitative estimate of drug-likeness (QED) is 0.800. The van der Waals surface area contributed by atoms with Crippen LogP contribution in [0.5, 0.6) is 11.5 Å². The van der Waals surface area contributed by atoms with Crippen LogP contribution in [0.15, 0.2) is 24.3 Å². The molecule has 1 N–H and O–H groups in total. The van der Waals surface area contributed by atoms with Gasteiger partial charge in [0.1, 0.15) is 12.2 Å². The zero-order valence-electron chi connectivity index (χ0n) is 17.5. The molecule has 4 aliphatic rings. The molecule has 2 heterocycles. The Morgan fingerprint density at radius 1 is 1.32 bits per heavy atom. The largest absolute Gasteiger partial charge is 0.490 e. The molecule has 1 spiro atoms. The highest BCUT2D eigenvalue weighted by Crippen LogP contribution is 2.62. The van der Waals surface area contributed by atoms with Gasteiger partial charge < -0.3 is 19.5 Å². The SMILES string of the molecule is CCOc1ccc2c3c1O[C@H]1[C@@H](O)C=C[C@H]4[C@@H](C2)N(C)CC[C@@]341.[CH2]CCCC. The van der Waals surface area contributed by atoms with E-state index in [0.29, 0.717) is 18.6 Å². The van der Waals surface area contributed by atoms with Gasteiger partial charge in [-0.3, -0.25) is 0 Å². The van der Waals surface area contributed by atoms with Gasteiger partial charge in [-0.05, 0) is 45.0 Å². The second-order valence-corrected chi connectivity index (χ2v) is 8.55. The summed E-state index contributed by atoms with van der Waals surface area (Å²) in [7, 11) is 2.22. The van der Waals surface area contributed by atoms with Crippen LogP contribution in [-0.4, -0.2) is 48.5 Å². The number of aliphatic hydroxyl groups is 1. The Balaban J connectivity index is 0.000000346. The molecule has 5 atom stereocenters. The third-order valence-corrected chi connectivity index (χ3v) is 7.04. The van der Waals surface area contributed by atoms with Crippen LogP contribution in [0.3, 0.4) is 0 Å². The van der Waals surface area contributed by atoms with E-state index in [1.54, 1.807) is 0 Å². The summed E-state index contributed by atoms with van der Waals surface area (Å²) in [4.78, 5) is 2.48. The lowest BCUT2D eigenvalue weighted by Crippen LogP contribution is -2.64. The lowest BCUT2D eigenvalue weighted by Gasteiger charge is -2.56. The van der Waals surface area contributed by atoms with Gasteiger partial charge in [-0.25, -0.2) is 0 Å². The van der Waals surface area contributed by atoms with Crippen molar-refractivity contribution in [1.29, 1.82) is 0 Å². The molecule has 2 aliphatic heterocycles. The van der Waals surface area contributed by atoms with Crippen LogP contribution >= 0.6 is 0 Å². The summed E-state index contributed by atoms with van der Waals surface area (Å²) >= 11 is 0. The number of hydrogen-bond acceptors (Lipinski definition) is 4. The Kier molecular flexibility index (Phi) is 5.45. The molecule has 153 valence electrons. The molecule has 1 radical (unpaired) electrons. The fourth-order valence-electron chi connectivity index (χ4n) is 5.75. The number of likely N-dealkylation sites (N-methyl/N-ethyl adjacent to an activating group) is 1.